The Morgan fingerprint density at radius 3 is 2.75 bits per heavy atom. The van der Waals surface area contributed by atoms with E-state index in [0.29, 0.717) is 10.1 Å². The lowest BCUT2D eigenvalue weighted by Crippen LogP contribution is -2.10. The van der Waals surface area contributed by atoms with Gasteiger partial charge in [-0.1, -0.05) is 30.1 Å². The minimum Gasteiger partial charge on any atom is -0.374 e. The Hall–Kier alpha value is -0.110. The Bertz CT molecular complexity index is 270. The molecule has 0 saturated heterocycles. The zero-order valence-electron chi connectivity index (χ0n) is 6.35. The van der Waals surface area contributed by atoms with Crippen LogP contribution in [0.3, 0.4) is 0 Å². The van der Waals surface area contributed by atoms with Crippen molar-refractivity contribution in [2.24, 2.45) is 0 Å². The number of nitrogens with one attached hydrogen (secondary N) is 1. The summed E-state index contributed by atoms with van der Waals surface area (Å²) in [6.07, 6.45) is 1.32. The van der Waals surface area contributed by atoms with E-state index in [4.69, 9.17) is 16.8 Å². The van der Waals surface area contributed by atoms with Crippen LogP contribution in [0, 0.1) is 0 Å². The highest BCUT2D eigenvalue weighted by atomic mass is 32.2. The average molecular weight is 227 g/mol. The van der Waals surface area contributed by atoms with Gasteiger partial charge in [0.15, 0.2) is 0 Å². The highest BCUT2D eigenvalue weighted by molar-refractivity contribution is 8.23. The molecule has 0 aliphatic heterocycles. The number of thiocarbonyl (C=S) groups is 1. The van der Waals surface area contributed by atoms with Gasteiger partial charge in [-0.15, -0.1) is 0 Å². The van der Waals surface area contributed by atoms with Gasteiger partial charge in [0, 0.05) is 12.8 Å². The van der Waals surface area contributed by atoms with Gasteiger partial charge in [0.05, 0.1) is 5.41 Å². The molecule has 0 radical (unpaired) electrons. The second-order valence-corrected chi connectivity index (χ2v) is 4.73. The molecule has 0 rings (SSSR count). The van der Waals surface area contributed by atoms with Crippen molar-refractivity contribution in [3.8, 4) is 0 Å². The maximum absolute atomic E-state index is 10.2. The van der Waals surface area contributed by atoms with Gasteiger partial charge in [0.1, 0.15) is 4.32 Å². The summed E-state index contributed by atoms with van der Waals surface area (Å²) in [5.41, 5.74) is 0. The molecule has 12 heavy (non-hydrogen) atoms. The van der Waals surface area contributed by atoms with E-state index in [1.165, 1.54) is 17.8 Å². The first-order valence-electron chi connectivity index (χ1n) is 2.94. The molecule has 70 valence electrons. The fourth-order valence-corrected chi connectivity index (χ4v) is 1.51. The Morgan fingerprint density at radius 1 is 1.75 bits per heavy atom. The summed E-state index contributed by atoms with van der Waals surface area (Å²) in [5.74, 6) is 0.416. The van der Waals surface area contributed by atoms with Crippen molar-refractivity contribution >= 4 is 38.4 Å². The number of thioether (sulfide) groups is 1. The van der Waals surface area contributed by atoms with Gasteiger partial charge >= 0.3 is 0 Å². The van der Waals surface area contributed by atoms with E-state index in [0.717, 1.165) is 5.41 Å². The normalized spacial score (nSPS) is 11.8. The largest absolute Gasteiger partial charge is 0.374 e. The molecule has 0 atom stereocenters. The molecule has 4 nitrogen and oxygen atoms in total. The van der Waals surface area contributed by atoms with E-state index < -0.39 is 10.1 Å². The third-order valence-electron chi connectivity index (χ3n) is 0.783. The van der Waals surface area contributed by atoms with Crippen LogP contribution < -0.4 is 5.32 Å². The topological polar surface area (TPSA) is 66.4 Å². The molecule has 0 heterocycles. The zero-order chi connectivity index (χ0) is 9.61. The van der Waals surface area contributed by atoms with Gasteiger partial charge in [-0.3, -0.25) is 4.55 Å². The van der Waals surface area contributed by atoms with Crippen LogP contribution in [0.2, 0.25) is 0 Å². The van der Waals surface area contributed by atoms with Crippen molar-refractivity contribution in [3.05, 3.63) is 11.5 Å². The minimum atomic E-state index is -3.99. The molecule has 0 saturated carbocycles. The summed E-state index contributed by atoms with van der Waals surface area (Å²) in [5, 5.41) is 3.45. The monoisotopic (exact) mass is 227 g/mol. The molecular formula is C5H9NO3S3. The van der Waals surface area contributed by atoms with Crippen LogP contribution in [0.5, 0.6) is 0 Å². The van der Waals surface area contributed by atoms with Crippen molar-refractivity contribution in [2.75, 3.05) is 12.8 Å². The maximum Gasteiger partial charge on any atom is 0.287 e. The lowest BCUT2D eigenvalue weighted by molar-refractivity contribution is 0.494. The molecule has 0 aliphatic rings. The van der Waals surface area contributed by atoms with Crippen molar-refractivity contribution in [3.63, 3.8) is 0 Å². The predicted molar refractivity (Wildman–Crippen MR) is 54.8 cm³/mol. The van der Waals surface area contributed by atoms with Crippen molar-refractivity contribution in [1.82, 2.24) is 5.32 Å². The number of hydrogen-bond donors (Lipinski definition) is 2. The highest BCUT2D eigenvalue weighted by Crippen LogP contribution is 2.01. The summed E-state index contributed by atoms with van der Waals surface area (Å²) < 4.78 is 29.2. The quantitative estimate of drug-likeness (QED) is 0.544. The molecule has 0 aromatic heterocycles. The highest BCUT2D eigenvalue weighted by Gasteiger charge is 1.95. The Kier molecular flexibility index (Phi) is 5.47. The van der Waals surface area contributed by atoms with E-state index in [9.17, 15) is 8.42 Å². The summed E-state index contributed by atoms with van der Waals surface area (Å²) in [7, 11) is -2.30. The lowest BCUT2D eigenvalue weighted by Gasteiger charge is -1.96. The van der Waals surface area contributed by atoms with E-state index >= 15 is 0 Å². The first-order valence-corrected chi connectivity index (χ1v) is 5.84. The molecule has 0 aromatic rings. The van der Waals surface area contributed by atoms with E-state index in [1.54, 1.807) is 7.05 Å². The Balaban J connectivity index is 3.71. The third-order valence-corrected chi connectivity index (χ3v) is 2.70. The number of rotatable bonds is 3. The van der Waals surface area contributed by atoms with Gasteiger partial charge in [0.25, 0.3) is 10.1 Å². The summed E-state index contributed by atoms with van der Waals surface area (Å²) in [6.45, 7) is 0. The second-order valence-electron chi connectivity index (χ2n) is 1.74. The van der Waals surface area contributed by atoms with Crippen LogP contribution >= 0.6 is 24.0 Å². The Labute approximate surface area is 81.2 Å². The molecule has 0 unspecified atom stereocenters. The van der Waals surface area contributed by atoms with E-state index in [-0.39, 0.29) is 0 Å². The summed E-state index contributed by atoms with van der Waals surface area (Å²) in [4.78, 5) is 0. The molecule has 0 amide bonds. The van der Waals surface area contributed by atoms with Gasteiger partial charge < -0.3 is 5.32 Å². The first-order chi connectivity index (χ1) is 5.45. The molecule has 0 bridgehead atoms. The predicted octanol–water partition coefficient (Wildman–Crippen LogP) is 0.625. The molecular weight excluding hydrogens is 218 g/mol. The second kappa shape index (κ2) is 5.52. The van der Waals surface area contributed by atoms with Gasteiger partial charge in [-0.05, 0) is 0 Å². The van der Waals surface area contributed by atoms with Crippen LogP contribution in [0.15, 0.2) is 11.5 Å². The summed E-state index contributed by atoms with van der Waals surface area (Å²) in [6, 6.07) is 0. The van der Waals surface area contributed by atoms with Crippen molar-refractivity contribution < 1.29 is 13.0 Å². The third kappa shape index (κ3) is 7.99. The standard InChI is InChI=1S/C5H9NO3S3/c1-6-5(10)11-3-2-4-12(7,8)9/h2,4H,3H2,1H3,(H,6,10)(H,7,8,9)/b4-2-. The Morgan fingerprint density at radius 2 is 2.33 bits per heavy atom. The maximum atomic E-state index is 10.2. The molecule has 0 aromatic carbocycles. The smallest absolute Gasteiger partial charge is 0.287 e. The first kappa shape index (κ1) is 11.9. The molecule has 0 spiro atoms. The SMILES string of the molecule is CNC(=S)SC/C=C\S(=O)(=O)O. The van der Waals surface area contributed by atoms with Crippen LogP contribution in [0.1, 0.15) is 0 Å². The van der Waals surface area contributed by atoms with E-state index in [2.05, 4.69) is 5.32 Å². The molecule has 0 aliphatic carbocycles. The zero-order valence-corrected chi connectivity index (χ0v) is 8.80. The van der Waals surface area contributed by atoms with Crippen LogP contribution in [-0.4, -0.2) is 30.1 Å². The van der Waals surface area contributed by atoms with Crippen molar-refractivity contribution in [1.29, 1.82) is 0 Å². The molecule has 7 heteroatoms. The molecule has 0 fully saturated rings. The minimum absolute atomic E-state index is 0.416. The van der Waals surface area contributed by atoms with Crippen LogP contribution in [-0.2, 0) is 10.1 Å². The van der Waals surface area contributed by atoms with Crippen LogP contribution in [0.25, 0.3) is 0 Å². The average Bonchev–Trinajstić information content (AvgIpc) is 1.96. The van der Waals surface area contributed by atoms with Gasteiger partial charge in [-0.2, -0.15) is 8.42 Å². The fraction of sp³-hybridized carbons (Fsp3) is 0.400. The number of hydrogen-bond acceptors (Lipinski definition) is 4. The van der Waals surface area contributed by atoms with Crippen LogP contribution in [0.4, 0.5) is 0 Å². The van der Waals surface area contributed by atoms with E-state index in [1.807, 2.05) is 0 Å². The molecule has 2 N–H and O–H groups in total. The van der Waals surface area contributed by atoms with Gasteiger partial charge in [-0.25, -0.2) is 0 Å². The fourth-order valence-electron chi connectivity index (χ4n) is 0.357. The summed E-state index contributed by atoms with van der Waals surface area (Å²) >= 11 is 6.04. The lowest BCUT2D eigenvalue weighted by atomic mass is 10.8. The van der Waals surface area contributed by atoms with Gasteiger partial charge in [0.2, 0.25) is 0 Å². The van der Waals surface area contributed by atoms with Crippen molar-refractivity contribution in [2.45, 2.75) is 0 Å².